The molecule has 0 aliphatic carbocycles. The quantitative estimate of drug-likeness (QED) is 0.389. The summed E-state index contributed by atoms with van der Waals surface area (Å²) in [6, 6.07) is 0.796. The van der Waals surface area contributed by atoms with E-state index in [-0.39, 0.29) is 0 Å². The summed E-state index contributed by atoms with van der Waals surface area (Å²) in [5.41, 5.74) is 1.77. The maximum absolute atomic E-state index is 10.3. The second-order valence-electron chi connectivity index (χ2n) is 1.27. The van der Waals surface area contributed by atoms with Crippen LogP contribution in [0.15, 0.2) is 12.2 Å². The first-order chi connectivity index (χ1) is 2.89. The Morgan fingerprint density at radius 2 is 2.50 bits per heavy atom. The van der Waals surface area contributed by atoms with Gasteiger partial charge in [0.1, 0.15) is 0 Å². The average Bonchev–Trinajstić information content (AvgIpc) is 1.86. The van der Waals surface area contributed by atoms with Crippen LogP contribution in [0.1, 0.15) is 0 Å². The molecule has 0 spiro atoms. The number of hydrogen-bond donors (Lipinski definition) is 0. The summed E-state index contributed by atoms with van der Waals surface area (Å²) in [5.74, 6) is 0. The van der Waals surface area contributed by atoms with Crippen molar-refractivity contribution < 1.29 is 4.80 Å². The van der Waals surface area contributed by atoms with Crippen LogP contribution in [0.4, 0.5) is 0 Å². The Morgan fingerprint density at radius 1 is 1.67 bits per heavy atom. The molecule has 0 bridgehead atoms. The lowest BCUT2D eigenvalue weighted by atomic mass is 10.6. The van der Waals surface area contributed by atoms with Crippen molar-refractivity contribution in [2.45, 2.75) is 6.04 Å². The van der Waals surface area contributed by atoms with Crippen molar-refractivity contribution in [1.82, 2.24) is 0 Å². The van der Waals surface area contributed by atoms with Crippen LogP contribution < -0.4 is 0 Å². The summed E-state index contributed by atoms with van der Waals surface area (Å²) in [5, 5.41) is 0. The molecule has 1 rings (SSSR count). The highest BCUT2D eigenvalue weighted by Crippen LogP contribution is 1.88. The topological polar surface area (TPSA) is 19.9 Å². The Labute approximate surface area is 38.3 Å². The first-order valence-corrected chi connectivity index (χ1v) is 3.61. The molecule has 2 heteroatoms. The van der Waals surface area contributed by atoms with Gasteiger partial charge in [-0.3, -0.25) is 0 Å². The smallest absolute Gasteiger partial charge is 0.307 e. The molecule has 6 heavy (non-hydrogen) atoms. The van der Waals surface area contributed by atoms with E-state index in [0.717, 1.165) is 6.04 Å². The predicted octanol–water partition coefficient (Wildman–Crippen LogP) is 0.362. The molecule has 0 unspecified atom stereocenters. The Hall–Kier alpha value is -0.373. The second kappa shape index (κ2) is 1.39. The van der Waals surface area contributed by atoms with E-state index in [1.165, 1.54) is 0 Å². The van der Waals surface area contributed by atoms with E-state index in [0.29, 0.717) is 0 Å². The fourth-order valence-corrected chi connectivity index (χ4v) is 1.28. The van der Waals surface area contributed by atoms with Gasteiger partial charge in [0.25, 0.3) is 0 Å². The van der Waals surface area contributed by atoms with E-state index >= 15 is 0 Å². The van der Waals surface area contributed by atoms with Crippen molar-refractivity contribution in [3.63, 3.8) is 0 Å². The van der Waals surface area contributed by atoms with E-state index in [1.54, 1.807) is 5.67 Å². The molecule has 1 heterocycles. The van der Waals surface area contributed by atoms with E-state index in [4.69, 9.17) is 0 Å². The molecule has 1 nitrogen and oxygen atoms in total. The number of allylic oxidation sites excluding steroid dienone is 2. The maximum Gasteiger partial charge on any atom is 0.307 e. The van der Waals surface area contributed by atoms with Gasteiger partial charge in [-0.15, -0.1) is 0 Å². The van der Waals surface area contributed by atoms with Crippen molar-refractivity contribution in [3.05, 3.63) is 12.2 Å². The molecule has 0 aromatic heterocycles. The zero-order chi connectivity index (χ0) is 4.41. The van der Waals surface area contributed by atoms with Gasteiger partial charge in [-0.2, -0.15) is 0 Å². The van der Waals surface area contributed by atoms with Gasteiger partial charge in [0, 0.05) is 6.04 Å². The first-order valence-electron chi connectivity index (χ1n) is 1.92. The van der Waals surface area contributed by atoms with Gasteiger partial charge in [-0.05, 0) is 5.67 Å². The predicted molar refractivity (Wildman–Crippen MR) is 26.5 cm³/mol. The van der Waals surface area contributed by atoms with Gasteiger partial charge in [0.05, 0.1) is 0 Å². The van der Waals surface area contributed by atoms with Gasteiger partial charge < -0.3 is 4.80 Å². The standard InChI is InChI=1S/C4H5OSi/c5-6-3-1-2-4-6/h1-3H,4H2. The third kappa shape index (κ3) is 0.570. The minimum atomic E-state index is -1.24. The van der Waals surface area contributed by atoms with E-state index < -0.39 is 8.65 Å². The van der Waals surface area contributed by atoms with E-state index in [2.05, 4.69) is 0 Å². The molecule has 1 aliphatic rings. The zero-order valence-electron chi connectivity index (χ0n) is 3.35. The SMILES string of the molecule is [O][Si]1=CC=CC1. The number of rotatable bonds is 0. The first kappa shape index (κ1) is 3.80. The fraction of sp³-hybridized carbons (Fsp3) is 0.250. The molecule has 0 atom stereocenters. The largest absolute Gasteiger partial charge is 0.383 e. The van der Waals surface area contributed by atoms with Gasteiger partial charge in [-0.1, -0.05) is 12.2 Å². The van der Waals surface area contributed by atoms with Crippen LogP contribution in [0.25, 0.3) is 0 Å². The summed E-state index contributed by atoms with van der Waals surface area (Å²) in [4.78, 5) is 10.3. The normalized spacial score (nSPS) is 18.3. The lowest BCUT2D eigenvalue weighted by Crippen LogP contribution is -1.90. The lowest BCUT2D eigenvalue weighted by Gasteiger charge is -1.69. The van der Waals surface area contributed by atoms with Crippen LogP contribution >= 0.6 is 0 Å². The molecule has 0 N–H and O–H groups in total. The van der Waals surface area contributed by atoms with Crippen LogP contribution in [0.5, 0.6) is 0 Å². The van der Waals surface area contributed by atoms with Gasteiger partial charge in [0.15, 0.2) is 0 Å². The number of hydrogen-bond acceptors (Lipinski definition) is 0. The van der Waals surface area contributed by atoms with Crippen LogP contribution in [-0.4, -0.2) is 14.3 Å². The van der Waals surface area contributed by atoms with Crippen LogP contribution in [0.3, 0.4) is 0 Å². The summed E-state index contributed by atoms with van der Waals surface area (Å²) >= 11 is 0. The Kier molecular flexibility index (Phi) is 0.879. The van der Waals surface area contributed by atoms with Gasteiger partial charge in [0.2, 0.25) is 0 Å². The Bertz CT molecular complexity index is 104. The monoisotopic (exact) mass is 97.0 g/mol. The second-order valence-corrected chi connectivity index (χ2v) is 2.94. The van der Waals surface area contributed by atoms with Crippen molar-refractivity contribution in [2.24, 2.45) is 0 Å². The molecule has 31 valence electrons. The summed E-state index contributed by atoms with van der Waals surface area (Å²) in [6.45, 7) is 0. The highest BCUT2D eigenvalue weighted by molar-refractivity contribution is 6.62. The summed E-state index contributed by atoms with van der Waals surface area (Å²) in [6.07, 6.45) is 3.79. The molecule has 0 saturated carbocycles. The Balaban J connectivity index is 2.61. The van der Waals surface area contributed by atoms with Crippen molar-refractivity contribution >= 4 is 14.3 Å². The molecule has 0 aromatic rings. The van der Waals surface area contributed by atoms with Crippen molar-refractivity contribution in [2.75, 3.05) is 0 Å². The lowest BCUT2D eigenvalue weighted by molar-refractivity contribution is 0.471. The minimum absolute atomic E-state index is 0.796. The summed E-state index contributed by atoms with van der Waals surface area (Å²) < 4.78 is 0. The van der Waals surface area contributed by atoms with E-state index in [9.17, 15) is 4.80 Å². The minimum Gasteiger partial charge on any atom is -0.383 e. The highest BCUT2D eigenvalue weighted by Gasteiger charge is 1.96. The third-order valence-corrected chi connectivity index (χ3v) is 1.94. The molecule has 1 aliphatic heterocycles. The molecular formula is C4H5OSi. The van der Waals surface area contributed by atoms with Gasteiger partial charge >= 0.3 is 8.65 Å². The zero-order valence-corrected chi connectivity index (χ0v) is 4.35. The van der Waals surface area contributed by atoms with Crippen LogP contribution in [0, 0.1) is 0 Å². The Morgan fingerprint density at radius 3 is 2.67 bits per heavy atom. The molecule has 0 amide bonds. The molecule has 0 fully saturated rings. The van der Waals surface area contributed by atoms with Crippen LogP contribution in [-0.2, 0) is 4.80 Å². The molecule has 0 saturated heterocycles. The average molecular weight is 97.2 g/mol. The van der Waals surface area contributed by atoms with Crippen molar-refractivity contribution in [1.29, 1.82) is 0 Å². The highest BCUT2D eigenvalue weighted by atomic mass is 28.3. The van der Waals surface area contributed by atoms with Gasteiger partial charge in [-0.25, -0.2) is 0 Å². The van der Waals surface area contributed by atoms with E-state index in [1.807, 2.05) is 12.2 Å². The fourth-order valence-electron chi connectivity index (χ4n) is 0.428. The maximum atomic E-state index is 10.3. The summed E-state index contributed by atoms with van der Waals surface area (Å²) in [7, 11) is -1.24. The molecule has 0 aromatic carbocycles. The van der Waals surface area contributed by atoms with Crippen molar-refractivity contribution in [3.8, 4) is 0 Å². The molecular weight excluding hydrogens is 92.1 g/mol. The van der Waals surface area contributed by atoms with Crippen LogP contribution in [0.2, 0.25) is 6.04 Å². The molecule has 1 radical (unpaired) electrons. The third-order valence-electron chi connectivity index (χ3n) is 0.737.